The summed E-state index contributed by atoms with van der Waals surface area (Å²) in [6, 6.07) is -0.651. The zero-order chi connectivity index (χ0) is 43.7. The number of carbonyl (C=O) groups excluding carboxylic acids is 2. The maximum Gasteiger partial charge on any atom is 0.305 e. The van der Waals surface area contributed by atoms with Crippen LogP contribution in [0.5, 0.6) is 0 Å². The second-order valence-electron chi connectivity index (χ2n) is 17.5. The fraction of sp³-hybridized carbons (Fsp3) is 0.815. The van der Waals surface area contributed by atoms with E-state index in [1.54, 1.807) is 6.08 Å². The van der Waals surface area contributed by atoms with Gasteiger partial charge in [-0.25, -0.2) is 0 Å². The number of amides is 1. The number of unbranched alkanes of at least 4 members (excludes halogenated alkanes) is 30. The lowest BCUT2D eigenvalue weighted by Crippen LogP contribution is -2.45. The van der Waals surface area contributed by atoms with Gasteiger partial charge in [0.15, 0.2) is 0 Å². The van der Waals surface area contributed by atoms with E-state index in [1.165, 1.54) is 135 Å². The van der Waals surface area contributed by atoms with Gasteiger partial charge in [0.05, 0.1) is 25.4 Å². The molecular formula is C54H99NO5. The van der Waals surface area contributed by atoms with E-state index in [1.807, 2.05) is 6.08 Å². The molecule has 0 aliphatic heterocycles. The average Bonchev–Trinajstić information content (AvgIpc) is 3.25. The molecule has 1 amide bonds. The van der Waals surface area contributed by atoms with Crippen LogP contribution in [0.1, 0.15) is 258 Å². The summed E-state index contributed by atoms with van der Waals surface area (Å²) in [6.45, 7) is 4.75. The quantitative estimate of drug-likeness (QED) is 0.0322. The largest absolute Gasteiger partial charge is 0.466 e. The number of aliphatic hydroxyl groups excluding tert-OH is 2. The van der Waals surface area contributed by atoms with Crippen LogP contribution in [0.25, 0.3) is 0 Å². The molecule has 0 fully saturated rings. The van der Waals surface area contributed by atoms with Crippen molar-refractivity contribution in [3.05, 3.63) is 48.6 Å². The van der Waals surface area contributed by atoms with Crippen molar-refractivity contribution in [1.29, 1.82) is 0 Å². The molecule has 3 N–H and O–H groups in total. The number of esters is 1. The highest BCUT2D eigenvalue weighted by Crippen LogP contribution is 2.15. The standard InChI is InChI=1S/C54H99NO5/c1-3-5-7-9-11-13-15-17-18-19-20-21-22-24-26-30-34-38-42-46-52(57)51(50-56)55-53(58)47-43-39-35-31-27-25-29-33-37-41-45-49-60-54(59)48-44-40-36-32-28-23-16-14-12-10-8-6-4-2/h8,10,14,16,29,33,42,46,51-52,56-57H,3-7,9,11-13,15,17-28,30-32,34-41,43-45,47-50H2,1-2H3,(H,55,58)/b10-8-,16-14-,33-29-,46-42+. The molecule has 0 saturated heterocycles. The van der Waals surface area contributed by atoms with Crippen LogP contribution in [0, 0.1) is 0 Å². The Balaban J connectivity index is 3.58. The molecule has 0 saturated carbocycles. The van der Waals surface area contributed by atoms with Gasteiger partial charge in [-0.15, -0.1) is 0 Å². The van der Waals surface area contributed by atoms with Crippen LogP contribution in [0.3, 0.4) is 0 Å². The second kappa shape index (κ2) is 49.5. The van der Waals surface area contributed by atoms with Crippen LogP contribution in [-0.4, -0.2) is 47.4 Å². The Labute approximate surface area is 372 Å². The molecule has 0 aromatic carbocycles. The summed E-state index contributed by atoms with van der Waals surface area (Å²) in [5.41, 5.74) is 0. The Morgan fingerprint density at radius 1 is 0.467 bits per heavy atom. The number of hydrogen-bond acceptors (Lipinski definition) is 5. The molecule has 0 aromatic rings. The highest BCUT2D eigenvalue weighted by Gasteiger charge is 2.18. The predicted octanol–water partition coefficient (Wildman–Crippen LogP) is 15.5. The van der Waals surface area contributed by atoms with E-state index in [9.17, 15) is 19.8 Å². The van der Waals surface area contributed by atoms with Crippen molar-refractivity contribution in [2.24, 2.45) is 0 Å². The van der Waals surface area contributed by atoms with Crippen molar-refractivity contribution in [1.82, 2.24) is 5.32 Å². The summed E-state index contributed by atoms with van der Waals surface area (Å²) >= 11 is 0. The Morgan fingerprint density at radius 3 is 1.35 bits per heavy atom. The van der Waals surface area contributed by atoms with E-state index >= 15 is 0 Å². The van der Waals surface area contributed by atoms with E-state index in [2.05, 4.69) is 55.6 Å². The number of aliphatic hydroxyl groups is 2. The van der Waals surface area contributed by atoms with E-state index in [-0.39, 0.29) is 18.5 Å². The highest BCUT2D eigenvalue weighted by atomic mass is 16.5. The summed E-state index contributed by atoms with van der Waals surface area (Å²) in [4.78, 5) is 24.4. The van der Waals surface area contributed by atoms with Gasteiger partial charge in [-0.1, -0.05) is 210 Å². The summed E-state index contributed by atoms with van der Waals surface area (Å²) in [5.74, 6) is -0.147. The Morgan fingerprint density at radius 2 is 0.867 bits per heavy atom. The highest BCUT2D eigenvalue weighted by molar-refractivity contribution is 5.76. The van der Waals surface area contributed by atoms with Crippen LogP contribution in [-0.2, 0) is 14.3 Å². The average molecular weight is 842 g/mol. The van der Waals surface area contributed by atoms with E-state index in [0.29, 0.717) is 19.4 Å². The summed E-state index contributed by atoms with van der Waals surface area (Å²) in [6.07, 6.45) is 61.1. The normalized spacial score (nSPS) is 13.1. The number of hydrogen-bond donors (Lipinski definition) is 3. The van der Waals surface area contributed by atoms with Crippen molar-refractivity contribution in [2.45, 2.75) is 270 Å². The van der Waals surface area contributed by atoms with Crippen molar-refractivity contribution in [2.75, 3.05) is 13.2 Å². The third-order valence-corrected chi connectivity index (χ3v) is 11.5. The molecule has 0 aromatic heterocycles. The Kier molecular flexibility index (Phi) is 47.7. The molecule has 6 nitrogen and oxygen atoms in total. The minimum absolute atomic E-state index is 0.0490. The van der Waals surface area contributed by atoms with Gasteiger partial charge in [-0.05, 0) is 83.5 Å². The van der Waals surface area contributed by atoms with Gasteiger partial charge in [0.1, 0.15) is 0 Å². The summed E-state index contributed by atoms with van der Waals surface area (Å²) < 4.78 is 5.42. The molecule has 0 rings (SSSR count). The number of carbonyl (C=O) groups is 2. The zero-order valence-electron chi connectivity index (χ0n) is 39.7. The second-order valence-corrected chi connectivity index (χ2v) is 17.5. The molecule has 6 heteroatoms. The van der Waals surface area contributed by atoms with Crippen LogP contribution in [0.15, 0.2) is 48.6 Å². The monoisotopic (exact) mass is 842 g/mol. The van der Waals surface area contributed by atoms with Gasteiger partial charge in [0.25, 0.3) is 0 Å². The third kappa shape index (κ3) is 45.3. The summed E-state index contributed by atoms with van der Waals surface area (Å²) in [5, 5.41) is 23.1. The summed E-state index contributed by atoms with van der Waals surface area (Å²) in [7, 11) is 0. The van der Waals surface area contributed by atoms with E-state index in [4.69, 9.17) is 4.74 Å². The molecule has 0 aliphatic rings. The number of nitrogens with one attached hydrogen (secondary N) is 1. The fourth-order valence-corrected chi connectivity index (χ4v) is 7.55. The maximum absolute atomic E-state index is 12.4. The van der Waals surface area contributed by atoms with Crippen LogP contribution < -0.4 is 5.32 Å². The molecule has 0 heterocycles. The van der Waals surface area contributed by atoms with Crippen molar-refractivity contribution in [3.8, 4) is 0 Å². The van der Waals surface area contributed by atoms with Gasteiger partial charge in [0, 0.05) is 12.8 Å². The van der Waals surface area contributed by atoms with Gasteiger partial charge in [-0.3, -0.25) is 9.59 Å². The lowest BCUT2D eigenvalue weighted by atomic mass is 10.0. The first kappa shape index (κ1) is 57.8. The molecule has 0 bridgehead atoms. The first-order chi connectivity index (χ1) is 29.5. The fourth-order valence-electron chi connectivity index (χ4n) is 7.55. The Bertz CT molecular complexity index is 1020. The van der Waals surface area contributed by atoms with Crippen molar-refractivity contribution < 1.29 is 24.5 Å². The van der Waals surface area contributed by atoms with Gasteiger partial charge in [0.2, 0.25) is 5.91 Å². The predicted molar refractivity (Wildman–Crippen MR) is 259 cm³/mol. The minimum atomic E-state index is -0.864. The zero-order valence-corrected chi connectivity index (χ0v) is 39.7. The van der Waals surface area contributed by atoms with E-state index in [0.717, 1.165) is 96.3 Å². The van der Waals surface area contributed by atoms with Gasteiger partial charge in [-0.2, -0.15) is 0 Å². The van der Waals surface area contributed by atoms with Crippen molar-refractivity contribution >= 4 is 11.9 Å². The maximum atomic E-state index is 12.4. The van der Waals surface area contributed by atoms with Gasteiger partial charge >= 0.3 is 5.97 Å². The molecule has 2 unspecified atom stereocenters. The number of ether oxygens (including phenoxy) is 1. The molecular weight excluding hydrogens is 743 g/mol. The first-order valence-corrected chi connectivity index (χ1v) is 25.9. The third-order valence-electron chi connectivity index (χ3n) is 11.5. The number of rotatable bonds is 47. The Hall–Kier alpha value is -2.18. The molecule has 0 radical (unpaired) electrons. The van der Waals surface area contributed by atoms with Crippen LogP contribution >= 0.6 is 0 Å². The molecule has 2 atom stereocenters. The molecule has 350 valence electrons. The molecule has 60 heavy (non-hydrogen) atoms. The van der Waals surface area contributed by atoms with E-state index < -0.39 is 12.1 Å². The van der Waals surface area contributed by atoms with Crippen LogP contribution in [0.2, 0.25) is 0 Å². The minimum Gasteiger partial charge on any atom is -0.466 e. The van der Waals surface area contributed by atoms with Gasteiger partial charge < -0.3 is 20.3 Å². The lowest BCUT2D eigenvalue weighted by molar-refractivity contribution is -0.143. The first-order valence-electron chi connectivity index (χ1n) is 25.9. The molecule has 0 spiro atoms. The number of allylic oxidation sites excluding steroid dienone is 7. The molecule has 0 aliphatic carbocycles. The lowest BCUT2D eigenvalue weighted by Gasteiger charge is -2.20. The van der Waals surface area contributed by atoms with Crippen molar-refractivity contribution in [3.63, 3.8) is 0 Å². The topological polar surface area (TPSA) is 95.9 Å². The van der Waals surface area contributed by atoms with Crippen LogP contribution in [0.4, 0.5) is 0 Å². The smallest absolute Gasteiger partial charge is 0.305 e. The SMILES string of the molecule is CCC/C=C\C/C=C\CCCCCCCC(=O)OCCCC/C=C\CCCCCCCC(=O)NC(CO)C(O)/C=C/CCCCCCCCCCCCCCCCCCC.